The van der Waals surface area contributed by atoms with Crippen molar-refractivity contribution >= 4 is 38.5 Å². The summed E-state index contributed by atoms with van der Waals surface area (Å²) in [5, 5.41) is 3.36. The molecule has 0 radical (unpaired) electrons. The van der Waals surface area contributed by atoms with Gasteiger partial charge in [-0.3, -0.25) is 9.59 Å². The molecule has 1 aromatic carbocycles. The van der Waals surface area contributed by atoms with E-state index in [1.165, 1.54) is 16.9 Å². The number of thiazole rings is 1. The number of nitrogens with zero attached hydrogens (tertiary/aromatic N) is 2. The van der Waals surface area contributed by atoms with Crippen LogP contribution in [0, 0.1) is 6.92 Å². The molecule has 0 aliphatic carbocycles. The molecule has 2 amide bonds. The number of fused-ring (bicyclic) bond motifs is 1. The number of hydrogen-bond acceptors (Lipinski definition) is 4. The number of hydrogen-bond donors (Lipinski definition) is 1. The first-order chi connectivity index (χ1) is 9.61. The van der Waals surface area contributed by atoms with Gasteiger partial charge in [-0.15, -0.1) is 0 Å². The lowest BCUT2D eigenvalue weighted by molar-refractivity contribution is -0.131. The molecular formula is C14H15N3O2S. The van der Waals surface area contributed by atoms with Crippen LogP contribution in [0.1, 0.15) is 18.4 Å². The van der Waals surface area contributed by atoms with Crippen molar-refractivity contribution in [3.05, 3.63) is 23.8 Å². The SMILES string of the molecule is Cc1ccc2nc(NC(=O)CN3CCCC3=O)sc2c1. The molecule has 1 aliphatic heterocycles. The lowest BCUT2D eigenvalue weighted by Gasteiger charge is -2.13. The lowest BCUT2D eigenvalue weighted by Crippen LogP contribution is -2.33. The van der Waals surface area contributed by atoms with E-state index in [9.17, 15) is 9.59 Å². The van der Waals surface area contributed by atoms with Crippen LogP contribution in [0.5, 0.6) is 0 Å². The molecular weight excluding hydrogens is 274 g/mol. The Labute approximate surface area is 120 Å². The molecule has 1 fully saturated rings. The third-order valence-electron chi connectivity index (χ3n) is 3.30. The van der Waals surface area contributed by atoms with E-state index < -0.39 is 0 Å². The maximum Gasteiger partial charge on any atom is 0.245 e. The van der Waals surface area contributed by atoms with Crippen molar-refractivity contribution in [2.75, 3.05) is 18.4 Å². The molecule has 1 aromatic heterocycles. The summed E-state index contributed by atoms with van der Waals surface area (Å²) in [7, 11) is 0. The molecule has 0 bridgehead atoms. The summed E-state index contributed by atoms with van der Waals surface area (Å²) >= 11 is 1.45. The van der Waals surface area contributed by atoms with Gasteiger partial charge in [0.15, 0.2) is 5.13 Å². The summed E-state index contributed by atoms with van der Waals surface area (Å²) in [5.74, 6) is -0.129. The zero-order valence-electron chi connectivity index (χ0n) is 11.2. The molecule has 5 nitrogen and oxygen atoms in total. The van der Waals surface area contributed by atoms with Crippen LogP contribution in [-0.2, 0) is 9.59 Å². The Bertz CT molecular complexity index is 680. The maximum absolute atomic E-state index is 11.9. The van der Waals surface area contributed by atoms with Gasteiger partial charge in [-0.1, -0.05) is 17.4 Å². The van der Waals surface area contributed by atoms with Crippen LogP contribution >= 0.6 is 11.3 Å². The number of amides is 2. The molecule has 0 atom stereocenters. The minimum absolute atomic E-state index is 0.0556. The van der Waals surface area contributed by atoms with Crippen molar-refractivity contribution in [1.82, 2.24) is 9.88 Å². The van der Waals surface area contributed by atoms with Gasteiger partial charge in [0.1, 0.15) is 0 Å². The van der Waals surface area contributed by atoms with Crippen molar-refractivity contribution in [2.24, 2.45) is 0 Å². The van der Waals surface area contributed by atoms with Crippen molar-refractivity contribution in [1.29, 1.82) is 0 Å². The van der Waals surface area contributed by atoms with Gasteiger partial charge < -0.3 is 10.2 Å². The molecule has 20 heavy (non-hydrogen) atoms. The van der Waals surface area contributed by atoms with Crippen molar-refractivity contribution in [2.45, 2.75) is 19.8 Å². The third kappa shape index (κ3) is 2.65. The Kier molecular flexibility index (Phi) is 3.40. The highest BCUT2D eigenvalue weighted by molar-refractivity contribution is 7.22. The largest absolute Gasteiger partial charge is 0.333 e. The van der Waals surface area contributed by atoms with E-state index in [1.807, 2.05) is 25.1 Å². The van der Waals surface area contributed by atoms with Gasteiger partial charge in [0.05, 0.1) is 16.8 Å². The molecule has 0 saturated carbocycles. The fourth-order valence-corrected chi connectivity index (χ4v) is 3.27. The highest BCUT2D eigenvalue weighted by atomic mass is 32.1. The smallest absolute Gasteiger partial charge is 0.245 e. The van der Waals surface area contributed by atoms with Crippen LogP contribution in [0.2, 0.25) is 0 Å². The van der Waals surface area contributed by atoms with Gasteiger partial charge in [-0.2, -0.15) is 0 Å². The van der Waals surface area contributed by atoms with Gasteiger partial charge in [0.2, 0.25) is 11.8 Å². The second kappa shape index (κ2) is 5.20. The van der Waals surface area contributed by atoms with Crippen LogP contribution in [0.25, 0.3) is 10.2 Å². The average molecular weight is 289 g/mol. The average Bonchev–Trinajstić information content (AvgIpc) is 2.95. The zero-order valence-corrected chi connectivity index (χ0v) is 12.0. The monoisotopic (exact) mass is 289 g/mol. The normalized spacial score (nSPS) is 15.1. The quantitative estimate of drug-likeness (QED) is 0.942. The molecule has 0 spiro atoms. The van der Waals surface area contributed by atoms with Gasteiger partial charge >= 0.3 is 0 Å². The summed E-state index contributed by atoms with van der Waals surface area (Å²) < 4.78 is 1.05. The lowest BCUT2D eigenvalue weighted by atomic mass is 10.2. The summed E-state index contributed by atoms with van der Waals surface area (Å²) in [6, 6.07) is 5.99. The number of likely N-dealkylation sites (tertiary alicyclic amines) is 1. The number of carbonyl (C=O) groups is 2. The van der Waals surface area contributed by atoms with Crippen LogP contribution in [0.4, 0.5) is 5.13 Å². The van der Waals surface area contributed by atoms with Gasteiger partial charge in [0.25, 0.3) is 0 Å². The minimum atomic E-state index is -0.184. The highest BCUT2D eigenvalue weighted by Crippen LogP contribution is 2.26. The Morgan fingerprint density at radius 1 is 1.50 bits per heavy atom. The van der Waals surface area contributed by atoms with Crippen molar-refractivity contribution in [3.8, 4) is 0 Å². The number of rotatable bonds is 3. The first kappa shape index (κ1) is 13.1. The van der Waals surface area contributed by atoms with E-state index in [-0.39, 0.29) is 18.4 Å². The second-order valence-corrected chi connectivity index (χ2v) is 5.99. The van der Waals surface area contributed by atoms with E-state index in [2.05, 4.69) is 10.3 Å². The van der Waals surface area contributed by atoms with Gasteiger partial charge in [-0.05, 0) is 31.0 Å². The van der Waals surface area contributed by atoms with E-state index >= 15 is 0 Å². The first-order valence-electron chi connectivity index (χ1n) is 6.56. The molecule has 104 valence electrons. The van der Waals surface area contributed by atoms with Gasteiger partial charge in [-0.25, -0.2) is 4.98 Å². The molecule has 6 heteroatoms. The van der Waals surface area contributed by atoms with E-state index in [0.29, 0.717) is 18.1 Å². The molecule has 2 aromatic rings. The molecule has 0 unspecified atom stereocenters. The summed E-state index contributed by atoms with van der Waals surface area (Å²) in [6.07, 6.45) is 1.39. The Balaban J connectivity index is 1.69. The van der Waals surface area contributed by atoms with Crippen molar-refractivity contribution in [3.63, 3.8) is 0 Å². The predicted octanol–water partition coefficient (Wildman–Crippen LogP) is 2.17. The number of benzene rings is 1. The van der Waals surface area contributed by atoms with Crippen LogP contribution in [0.3, 0.4) is 0 Å². The summed E-state index contributed by atoms with van der Waals surface area (Å²) in [4.78, 5) is 29.4. The fourth-order valence-electron chi connectivity index (χ4n) is 2.29. The van der Waals surface area contributed by atoms with Crippen LogP contribution < -0.4 is 5.32 Å². The Hall–Kier alpha value is -1.95. The number of carbonyl (C=O) groups excluding carboxylic acids is 2. The third-order valence-corrected chi connectivity index (χ3v) is 4.23. The number of anilines is 1. The van der Waals surface area contributed by atoms with E-state index in [1.54, 1.807) is 4.90 Å². The Morgan fingerprint density at radius 2 is 2.35 bits per heavy atom. The second-order valence-electron chi connectivity index (χ2n) is 4.96. The molecule has 1 N–H and O–H groups in total. The number of aryl methyl sites for hydroxylation is 1. The topological polar surface area (TPSA) is 62.3 Å². The van der Waals surface area contributed by atoms with Crippen LogP contribution in [0.15, 0.2) is 18.2 Å². The predicted molar refractivity (Wildman–Crippen MR) is 78.8 cm³/mol. The van der Waals surface area contributed by atoms with E-state index in [0.717, 1.165) is 16.6 Å². The minimum Gasteiger partial charge on any atom is -0.333 e. The molecule has 2 heterocycles. The summed E-state index contributed by atoms with van der Waals surface area (Å²) in [6.45, 7) is 2.81. The van der Waals surface area contributed by atoms with Crippen molar-refractivity contribution < 1.29 is 9.59 Å². The fraction of sp³-hybridized carbons (Fsp3) is 0.357. The van der Waals surface area contributed by atoms with E-state index in [4.69, 9.17) is 0 Å². The number of aromatic nitrogens is 1. The van der Waals surface area contributed by atoms with Gasteiger partial charge in [0, 0.05) is 13.0 Å². The number of nitrogens with one attached hydrogen (secondary N) is 1. The molecule has 1 aliphatic rings. The van der Waals surface area contributed by atoms with Crippen LogP contribution in [-0.4, -0.2) is 34.8 Å². The zero-order chi connectivity index (χ0) is 14.1. The highest BCUT2D eigenvalue weighted by Gasteiger charge is 2.22. The summed E-state index contributed by atoms with van der Waals surface area (Å²) in [5.41, 5.74) is 2.05. The molecule has 3 rings (SSSR count). The Morgan fingerprint density at radius 3 is 3.10 bits per heavy atom. The first-order valence-corrected chi connectivity index (χ1v) is 7.38. The molecule has 1 saturated heterocycles. The standard InChI is InChI=1S/C14H15N3O2S/c1-9-4-5-10-11(7-9)20-14(15-10)16-12(18)8-17-6-2-3-13(17)19/h4-5,7H,2-3,6,8H2,1H3,(H,15,16,18). The maximum atomic E-state index is 11.9.